The molecule has 1 amide bonds. The molecule has 8 nitrogen and oxygen atoms in total. The molecule has 1 heterocycles. The van der Waals surface area contributed by atoms with E-state index >= 15 is 0 Å². The maximum absolute atomic E-state index is 11.9. The number of nitrogens with zero attached hydrogens (tertiary/aromatic N) is 4. The monoisotopic (exact) mass is 254 g/mol. The number of ketones is 1. The zero-order valence-electron chi connectivity index (χ0n) is 10.6. The van der Waals surface area contributed by atoms with Crippen LogP contribution in [0.3, 0.4) is 0 Å². The third-order valence-corrected chi connectivity index (χ3v) is 1.88. The average molecular weight is 254 g/mol. The van der Waals surface area contributed by atoms with Gasteiger partial charge in [0.15, 0.2) is 5.78 Å². The van der Waals surface area contributed by atoms with Gasteiger partial charge in [-0.3, -0.25) is 4.79 Å². The molecule has 0 radical (unpaired) electrons. The van der Waals surface area contributed by atoms with E-state index in [4.69, 9.17) is 15.0 Å². The van der Waals surface area contributed by atoms with Crippen LogP contribution in [0.15, 0.2) is 17.1 Å². The Morgan fingerprint density at radius 2 is 2.17 bits per heavy atom. The molecule has 0 saturated heterocycles. The van der Waals surface area contributed by atoms with Crippen molar-refractivity contribution in [1.82, 2.24) is 4.90 Å². The molecule has 0 spiro atoms. The summed E-state index contributed by atoms with van der Waals surface area (Å²) >= 11 is 0. The van der Waals surface area contributed by atoms with Crippen LogP contribution in [0.5, 0.6) is 0 Å². The Hall–Kier alpha value is -2.21. The lowest BCUT2D eigenvalue weighted by atomic mass is 10.2. The standard InChI is InChI=1S/C10H14N4O4/c1-6(15)7-5-17-8(12-13-11)14(7)9(16)18-10(2,3)4/h5,8H,1-4H3. The molecular weight excluding hydrogens is 240 g/mol. The largest absolute Gasteiger partial charge is 0.469 e. The van der Waals surface area contributed by atoms with E-state index in [-0.39, 0.29) is 5.70 Å². The minimum atomic E-state index is -1.23. The van der Waals surface area contributed by atoms with E-state index in [0.717, 1.165) is 11.2 Å². The number of ether oxygens (including phenoxy) is 2. The minimum absolute atomic E-state index is 0.0124. The molecule has 0 fully saturated rings. The van der Waals surface area contributed by atoms with Gasteiger partial charge in [0.1, 0.15) is 17.6 Å². The number of hydrogen-bond acceptors (Lipinski definition) is 5. The Kier molecular flexibility index (Phi) is 3.82. The fraction of sp³-hybridized carbons (Fsp3) is 0.600. The van der Waals surface area contributed by atoms with Gasteiger partial charge in [-0.25, -0.2) is 9.69 Å². The van der Waals surface area contributed by atoms with Crippen molar-refractivity contribution < 1.29 is 19.1 Å². The molecular formula is C10H14N4O4. The van der Waals surface area contributed by atoms with Gasteiger partial charge in [-0.05, 0) is 31.4 Å². The van der Waals surface area contributed by atoms with Crippen LogP contribution in [0.4, 0.5) is 4.79 Å². The minimum Gasteiger partial charge on any atom is -0.469 e. The van der Waals surface area contributed by atoms with Crippen LogP contribution in [0.25, 0.3) is 10.4 Å². The number of amides is 1. The normalized spacial score (nSPS) is 18.6. The molecule has 98 valence electrons. The predicted molar refractivity (Wildman–Crippen MR) is 60.9 cm³/mol. The maximum atomic E-state index is 11.9. The van der Waals surface area contributed by atoms with E-state index in [1.54, 1.807) is 20.8 Å². The Morgan fingerprint density at radius 1 is 1.56 bits per heavy atom. The zero-order valence-corrected chi connectivity index (χ0v) is 10.6. The molecule has 0 N–H and O–H groups in total. The highest BCUT2D eigenvalue weighted by Gasteiger charge is 2.37. The fourth-order valence-electron chi connectivity index (χ4n) is 1.24. The summed E-state index contributed by atoms with van der Waals surface area (Å²) in [5, 5.41) is 3.27. The third-order valence-electron chi connectivity index (χ3n) is 1.88. The van der Waals surface area contributed by atoms with Crippen LogP contribution in [0.2, 0.25) is 0 Å². The van der Waals surface area contributed by atoms with E-state index in [2.05, 4.69) is 10.0 Å². The van der Waals surface area contributed by atoms with Gasteiger partial charge in [0.25, 0.3) is 6.35 Å². The van der Waals surface area contributed by atoms with E-state index in [1.807, 2.05) is 0 Å². The summed E-state index contributed by atoms with van der Waals surface area (Å²) in [7, 11) is 0. The summed E-state index contributed by atoms with van der Waals surface area (Å²) in [6, 6.07) is 0. The van der Waals surface area contributed by atoms with E-state index in [1.165, 1.54) is 6.92 Å². The molecule has 1 rings (SSSR count). The topological polar surface area (TPSA) is 105 Å². The summed E-state index contributed by atoms with van der Waals surface area (Å²) in [5.41, 5.74) is 7.63. The fourth-order valence-corrected chi connectivity index (χ4v) is 1.24. The molecule has 0 bridgehead atoms. The molecule has 0 saturated carbocycles. The lowest BCUT2D eigenvalue weighted by molar-refractivity contribution is -0.115. The van der Waals surface area contributed by atoms with Crippen molar-refractivity contribution in [2.45, 2.75) is 39.6 Å². The molecule has 8 heteroatoms. The van der Waals surface area contributed by atoms with Gasteiger partial charge in [0, 0.05) is 11.8 Å². The van der Waals surface area contributed by atoms with Crippen LogP contribution in [-0.2, 0) is 14.3 Å². The molecule has 0 aromatic heterocycles. The van der Waals surface area contributed by atoms with Crippen LogP contribution in [0, 0.1) is 0 Å². The zero-order chi connectivity index (χ0) is 13.9. The molecule has 0 aromatic rings. The first kappa shape index (κ1) is 13.9. The Labute approximate surface area is 104 Å². The summed E-state index contributed by atoms with van der Waals surface area (Å²) in [5.74, 6) is -0.392. The Morgan fingerprint density at radius 3 is 2.61 bits per heavy atom. The summed E-state index contributed by atoms with van der Waals surface area (Å²) < 4.78 is 10.0. The number of allylic oxidation sites excluding steroid dienone is 1. The molecule has 1 atom stereocenters. The van der Waals surface area contributed by atoms with Crippen LogP contribution >= 0.6 is 0 Å². The SMILES string of the molecule is CC(=O)C1=COC(N=[N+]=[N-])N1C(=O)OC(C)(C)C. The number of Topliss-reactive ketones (excluding diaryl/α,β-unsaturated/α-hetero) is 1. The van der Waals surface area contributed by atoms with Gasteiger partial charge >= 0.3 is 6.09 Å². The molecule has 1 aliphatic rings. The quantitative estimate of drug-likeness (QED) is 0.428. The summed E-state index contributed by atoms with van der Waals surface area (Å²) in [6.45, 7) is 6.32. The van der Waals surface area contributed by atoms with Gasteiger partial charge < -0.3 is 9.47 Å². The van der Waals surface area contributed by atoms with Gasteiger partial charge in [0.05, 0.1) is 0 Å². The van der Waals surface area contributed by atoms with Crippen molar-refractivity contribution >= 4 is 11.9 Å². The van der Waals surface area contributed by atoms with E-state index < -0.39 is 23.8 Å². The smallest absolute Gasteiger partial charge is 0.418 e. The summed E-state index contributed by atoms with van der Waals surface area (Å²) in [6.07, 6.45) is -0.964. The highest BCUT2D eigenvalue weighted by molar-refractivity contribution is 5.96. The van der Waals surface area contributed by atoms with Gasteiger partial charge in [-0.1, -0.05) is 0 Å². The van der Waals surface area contributed by atoms with Crippen LogP contribution < -0.4 is 0 Å². The number of hydrogen-bond donors (Lipinski definition) is 0. The van der Waals surface area contributed by atoms with Crippen molar-refractivity contribution in [2.24, 2.45) is 5.11 Å². The second-order valence-electron chi connectivity index (χ2n) is 4.58. The molecule has 0 aliphatic carbocycles. The highest BCUT2D eigenvalue weighted by Crippen LogP contribution is 2.24. The van der Waals surface area contributed by atoms with E-state index in [9.17, 15) is 9.59 Å². The van der Waals surface area contributed by atoms with Crippen LogP contribution in [-0.4, -0.2) is 28.7 Å². The van der Waals surface area contributed by atoms with Gasteiger partial charge in [-0.15, -0.1) is 0 Å². The highest BCUT2D eigenvalue weighted by atomic mass is 16.6. The van der Waals surface area contributed by atoms with Crippen molar-refractivity contribution in [3.8, 4) is 0 Å². The van der Waals surface area contributed by atoms with Crippen molar-refractivity contribution in [3.05, 3.63) is 22.4 Å². The number of rotatable bonds is 2. The summed E-state index contributed by atoms with van der Waals surface area (Å²) in [4.78, 5) is 26.7. The lowest BCUT2D eigenvalue weighted by Crippen LogP contribution is -2.40. The van der Waals surface area contributed by atoms with E-state index in [0.29, 0.717) is 0 Å². The molecule has 18 heavy (non-hydrogen) atoms. The Bertz CT molecular complexity index is 445. The number of carbonyl (C=O) groups excluding carboxylic acids is 2. The van der Waals surface area contributed by atoms with Gasteiger partial charge in [0.2, 0.25) is 0 Å². The van der Waals surface area contributed by atoms with Crippen LogP contribution in [0.1, 0.15) is 27.7 Å². The number of carbonyl (C=O) groups is 2. The van der Waals surface area contributed by atoms with Crippen molar-refractivity contribution in [2.75, 3.05) is 0 Å². The lowest BCUT2D eigenvalue weighted by Gasteiger charge is -2.26. The second-order valence-corrected chi connectivity index (χ2v) is 4.58. The first-order chi connectivity index (χ1) is 8.26. The first-order valence-electron chi connectivity index (χ1n) is 5.19. The predicted octanol–water partition coefficient (Wildman–Crippen LogP) is 2.28. The average Bonchev–Trinajstić information content (AvgIpc) is 2.59. The second kappa shape index (κ2) is 4.97. The molecule has 1 aliphatic heterocycles. The molecule has 1 unspecified atom stereocenters. The van der Waals surface area contributed by atoms with Crippen molar-refractivity contribution in [1.29, 1.82) is 0 Å². The first-order valence-corrected chi connectivity index (χ1v) is 5.19. The maximum Gasteiger partial charge on any atom is 0.418 e. The Balaban J connectivity index is 2.97. The van der Waals surface area contributed by atoms with Gasteiger partial charge in [-0.2, -0.15) is 0 Å². The molecule has 0 aromatic carbocycles. The number of azide groups is 1. The third kappa shape index (κ3) is 3.14. The van der Waals surface area contributed by atoms with Crippen molar-refractivity contribution in [3.63, 3.8) is 0 Å².